The number of hydrogen-bond donors (Lipinski definition) is 0. The molecule has 0 fully saturated rings. The van der Waals surface area contributed by atoms with E-state index in [1.807, 2.05) is 30.3 Å². The maximum atomic E-state index is 12.8. The molecule has 4 heteroatoms. The maximum Gasteiger partial charge on any atom is 0.248 e. The highest BCUT2D eigenvalue weighted by Gasteiger charge is 2.09. The number of halogens is 1. The van der Waals surface area contributed by atoms with E-state index in [1.54, 1.807) is 12.1 Å². The number of aromatic nitrogens is 2. The summed E-state index contributed by atoms with van der Waals surface area (Å²) in [4.78, 5) is 0. The first-order chi connectivity index (χ1) is 8.83. The Bertz CT molecular complexity index is 647. The fourth-order valence-corrected chi connectivity index (χ4v) is 1.63. The zero-order chi connectivity index (χ0) is 12.4. The highest BCUT2D eigenvalue weighted by atomic mass is 19.1. The minimum absolute atomic E-state index is 0.290. The Morgan fingerprint density at radius 2 is 1.28 bits per heavy atom. The molecule has 2 aromatic carbocycles. The zero-order valence-corrected chi connectivity index (χ0v) is 9.38. The van der Waals surface area contributed by atoms with Crippen molar-refractivity contribution in [2.24, 2.45) is 0 Å². The van der Waals surface area contributed by atoms with Gasteiger partial charge in [0.25, 0.3) is 0 Å². The lowest BCUT2D eigenvalue weighted by Crippen LogP contribution is -1.78. The third-order valence-corrected chi connectivity index (χ3v) is 2.54. The molecule has 1 aromatic heterocycles. The van der Waals surface area contributed by atoms with Gasteiger partial charge in [0.1, 0.15) is 5.82 Å². The van der Waals surface area contributed by atoms with Crippen LogP contribution < -0.4 is 0 Å². The molecule has 0 aliphatic carbocycles. The van der Waals surface area contributed by atoms with Crippen LogP contribution in [0.4, 0.5) is 4.39 Å². The van der Waals surface area contributed by atoms with Crippen molar-refractivity contribution in [1.29, 1.82) is 0 Å². The van der Waals surface area contributed by atoms with Gasteiger partial charge in [0.2, 0.25) is 11.8 Å². The molecule has 0 bridgehead atoms. The predicted molar refractivity (Wildman–Crippen MR) is 65.1 cm³/mol. The van der Waals surface area contributed by atoms with Gasteiger partial charge in [-0.1, -0.05) is 18.2 Å². The van der Waals surface area contributed by atoms with Gasteiger partial charge in [-0.2, -0.15) is 0 Å². The second-order valence-corrected chi connectivity index (χ2v) is 3.79. The Morgan fingerprint density at radius 3 is 1.89 bits per heavy atom. The van der Waals surface area contributed by atoms with Gasteiger partial charge in [-0.15, -0.1) is 10.2 Å². The van der Waals surface area contributed by atoms with Crippen LogP contribution in [0.5, 0.6) is 0 Å². The number of nitrogens with zero attached hydrogens (tertiary/aromatic N) is 2. The smallest absolute Gasteiger partial charge is 0.248 e. The van der Waals surface area contributed by atoms with E-state index in [0.29, 0.717) is 17.3 Å². The molecule has 3 rings (SSSR count). The van der Waals surface area contributed by atoms with Gasteiger partial charge in [-0.05, 0) is 36.4 Å². The molecule has 0 amide bonds. The first-order valence-electron chi connectivity index (χ1n) is 5.48. The van der Waals surface area contributed by atoms with Crippen molar-refractivity contribution in [3.05, 3.63) is 60.4 Å². The lowest BCUT2D eigenvalue weighted by Gasteiger charge is -1.94. The van der Waals surface area contributed by atoms with E-state index in [4.69, 9.17) is 4.42 Å². The molecule has 0 aliphatic heterocycles. The molecule has 0 saturated carbocycles. The van der Waals surface area contributed by atoms with Crippen molar-refractivity contribution < 1.29 is 8.81 Å². The van der Waals surface area contributed by atoms with Crippen molar-refractivity contribution in [2.75, 3.05) is 0 Å². The van der Waals surface area contributed by atoms with E-state index in [2.05, 4.69) is 10.2 Å². The molecule has 3 aromatic rings. The summed E-state index contributed by atoms with van der Waals surface area (Å²) in [6.45, 7) is 0. The third-order valence-electron chi connectivity index (χ3n) is 2.54. The van der Waals surface area contributed by atoms with E-state index in [0.717, 1.165) is 5.56 Å². The van der Waals surface area contributed by atoms with Crippen LogP contribution in [0.3, 0.4) is 0 Å². The average Bonchev–Trinajstić information content (AvgIpc) is 2.90. The topological polar surface area (TPSA) is 38.9 Å². The Labute approximate surface area is 103 Å². The third kappa shape index (κ3) is 2.00. The van der Waals surface area contributed by atoms with Crippen LogP contribution in [0.25, 0.3) is 22.9 Å². The van der Waals surface area contributed by atoms with Crippen molar-refractivity contribution in [3.63, 3.8) is 0 Å². The Morgan fingerprint density at radius 1 is 0.722 bits per heavy atom. The van der Waals surface area contributed by atoms with Gasteiger partial charge >= 0.3 is 0 Å². The van der Waals surface area contributed by atoms with Crippen molar-refractivity contribution in [3.8, 4) is 22.9 Å². The van der Waals surface area contributed by atoms with Gasteiger partial charge in [-0.25, -0.2) is 4.39 Å². The van der Waals surface area contributed by atoms with Crippen molar-refractivity contribution >= 4 is 0 Å². The summed E-state index contributed by atoms with van der Waals surface area (Å²) >= 11 is 0. The first kappa shape index (κ1) is 10.7. The van der Waals surface area contributed by atoms with Crippen LogP contribution in [0.1, 0.15) is 0 Å². The lowest BCUT2D eigenvalue weighted by molar-refractivity contribution is 0.584. The molecule has 18 heavy (non-hydrogen) atoms. The van der Waals surface area contributed by atoms with Gasteiger partial charge in [0, 0.05) is 11.1 Å². The molecule has 1 heterocycles. The van der Waals surface area contributed by atoms with Crippen LogP contribution in [0.2, 0.25) is 0 Å². The molecule has 0 spiro atoms. The van der Waals surface area contributed by atoms with Gasteiger partial charge < -0.3 is 4.42 Å². The Balaban J connectivity index is 1.97. The second kappa shape index (κ2) is 4.41. The van der Waals surface area contributed by atoms with Crippen molar-refractivity contribution in [1.82, 2.24) is 10.2 Å². The minimum atomic E-state index is -0.290. The molecule has 0 N–H and O–H groups in total. The molecule has 0 unspecified atom stereocenters. The standard InChI is InChI=1S/C14H9FN2O/c15-12-8-6-11(7-9-12)14-17-16-13(18-14)10-4-2-1-3-5-10/h1-9H. The molecule has 0 aliphatic rings. The summed E-state index contributed by atoms with van der Waals surface area (Å²) < 4.78 is 18.4. The van der Waals surface area contributed by atoms with E-state index in [-0.39, 0.29) is 5.82 Å². The van der Waals surface area contributed by atoms with Crippen LogP contribution >= 0.6 is 0 Å². The zero-order valence-electron chi connectivity index (χ0n) is 9.38. The molecule has 0 radical (unpaired) electrons. The van der Waals surface area contributed by atoms with Crippen molar-refractivity contribution in [2.45, 2.75) is 0 Å². The summed E-state index contributed by atoms with van der Waals surface area (Å²) in [6, 6.07) is 15.4. The van der Waals surface area contributed by atoms with Gasteiger partial charge in [-0.3, -0.25) is 0 Å². The highest BCUT2D eigenvalue weighted by Crippen LogP contribution is 2.23. The number of benzene rings is 2. The fourth-order valence-electron chi connectivity index (χ4n) is 1.63. The molecule has 0 atom stereocenters. The van der Waals surface area contributed by atoms with E-state index in [1.165, 1.54) is 12.1 Å². The largest absolute Gasteiger partial charge is 0.416 e. The molecule has 0 saturated heterocycles. The van der Waals surface area contributed by atoms with Gasteiger partial charge in [0.15, 0.2) is 0 Å². The second-order valence-electron chi connectivity index (χ2n) is 3.79. The number of hydrogen-bond acceptors (Lipinski definition) is 3. The van der Waals surface area contributed by atoms with E-state index < -0.39 is 0 Å². The summed E-state index contributed by atoms with van der Waals surface area (Å²) in [5, 5.41) is 7.93. The van der Waals surface area contributed by atoms with E-state index >= 15 is 0 Å². The summed E-state index contributed by atoms with van der Waals surface area (Å²) in [5.41, 5.74) is 1.56. The highest BCUT2D eigenvalue weighted by molar-refractivity contribution is 5.57. The molecular formula is C14H9FN2O. The number of rotatable bonds is 2. The van der Waals surface area contributed by atoms with Crippen LogP contribution in [0, 0.1) is 5.82 Å². The molecule has 88 valence electrons. The summed E-state index contributed by atoms with van der Waals surface area (Å²) in [7, 11) is 0. The summed E-state index contributed by atoms with van der Waals surface area (Å²) in [6.07, 6.45) is 0. The molecular weight excluding hydrogens is 231 g/mol. The SMILES string of the molecule is Fc1ccc(-c2nnc(-c3ccccc3)o2)cc1. The van der Waals surface area contributed by atoms with Crippen LogP contribution in [-0.4, -0.2) is 10.2 Å². The normalized spacial score (nSPS) is 10.5. The Kier molecular flexibility index (Phi) is 2.61. The van der Waals surface area contributed by atoms with Gasteiger partial charge in [0.05, 0.1) is 0 Å². The first-order valence-corrected chi connectivity index (χ1v) is 5.48. The minimum Gasteiger partial charge on any atom is -0.416 e. The van der Waals surface area contributed by atoms with E-state index in [9.17, 15) is 4.39 Å². The summed E-state index contributed by atoms with van der Waals surface area (Å²) in [5.74, 6) is 0.547. The quantitative estimate of drug-likeness (QED) is 0.687. The monoisotopic (exact) mass is 240 g/mol. The Hall–Kier alpha value is -2.49. The average molecular weight is 240 g/mol. The van der Waals surface area contributed by atoms with Crippen LogP contribution in [-0.2, 0) is 0 Å². The van der Waals surface area contributed by atoms with Crippen LogP contribution in [0.15, 0.2) is 59.0 Å². The predicted octanol–water partition coefficient (Wildman–Crippen LogP) is 3.54. The molecule has 3 nitrogen and oxygen atoms in total. The lowest BCUT2D eigenvalue weighted by atomic mass is 10.2. The fraction of sp³-hybridized carbons (Fsp3) is 0. The maximum absolute atomic E-state index is 12.8.